The van der Waals surface area contributed by atoms with E-state index < -0.39 is 0 Å². The van der Waals surface area contributed by atoms with Crippen molar-refractivity contribution >= 4 is 29.5 Å². The summed E-state index contributed by atoms with van der Waals surface area (Å²) in [5.74, 6) is 1.13. The predicted molar refractivity (Wildman–Crippen MR) is 117 cm³/mol. The van der Waals surface area contributed by atoms with Crippen LogP contribution in [-0.2, 0) is 11.3 Å². The van der Waals surface area contributed by atoms with Crippen LogP contribution in [0.2, 0.25) is 5.02 Å². The standard InChI is InChI=1S/C22H23ClN4O3/c1-15(2)30-19-10-8-16(12-20(19)29-3)9-11-21(28)25-22-24-14-27(26-22)13-17-6-4-5-7-18(17)23/h4-12,14-15H,13H2,1-3H3,(H,25,26,28)/b11-9+. The average molecular weight is 427 g/mol. The summed E-state index contributed by atoms with van der Waals surface area (Å²) in [6.07, 6.45) is 4.67. The fraction of sp³-hybridized carbons (Fsp3) is 0.227. The molecule has 0 unspecified atom stereocenters. The van der Waals surface area contributed by atoms with Gasteiger partial charge in [-0.15, -0.1) is 5.10 Å². The SMILES string of the molecule is COc1cc(/C=C/C(=O)Nc2ncn(Cc3ccccc3Cl)n2)ccc1OC(C)C. The van der Waals surface area contributed by atoms with Crippen molar-refractivity contribution in [3.05, 3.63) is 71.0 Å². The Morgan fingerprint density at radius 3 is 2.77 bits per heavy atom. The first-order valence-corrected chi connectivity index (χ1v) is 9.79. The van der Waals surface area contributed by atoms with E-state index in [0.717, 1.165) is 11.1 Å². The average Bonchev–Trinajstić information content (AvgIpc) is 3.15. The van der Waals surface area contributed by atoms with Crippen molar-refractivity contribution in [1.29, 1.82) is 0 Å². The van der Waals surface area contributed by atoms with Gasteiger partial charge in [-0.3, -0.25) is 10.1 Å². The highest BCUT2D eigenvalue weighted by Crippen LogP contribution is 2.29. The molecule has 8 heteroatoms. The first-order valence-electron chi connectivity index (χ1n) is 9.41. The zero-order valence-electron chi connectivity index (χ0n) is 17.0. The first kappa shape index (κ1) is 21.4. The Labute approximate surface area is 180 Å². The van der Waals surface area contributed by atoms with Gasteiger partial charge < -0.3 is 9.47 Å². The van der Waals surface area contributed by atoms with Crippen molar-refractivity contribution in [1.82, 2.24) is 14.8 Å². The molecule has 3 rings (SSSR count). The number of ether oxygens (including phenoxy) is 2. The summed E-state index contributed by atoms with van der Waals surface area (Å²) in [5, 5.41) is 7.55. The molecule has 0 atom stereocenters. The molecule has 0 aliphatic rings. The molecule has 1 N–H and O–H groups in total. The van der Waals surface area contributed by atoms with Crippen molar-refractivity contribution < 1.29 is 14.3 Å². The second-order valence-electron chi connectivity index (χ2n) is 6.76. The van der Waals surface area contributed by atoms with E-state index in [2.05, 4.69) is 15.4 Å². The van der Waals surface area contributed by atoms with Gasteiger partial charge >= 0.3 is 0 Å². The molecule has 0 bridgehead atoms. The van der Waals surface area contributed by atoms with Crippen molar-refractivity contribution in [2.24, 2.45) is 0 Å². The third-order valence-corrected chi connectivity index (χ3v) is 4.41. The number of halogens is 1. The number of rotatable bonds is 8. The topological polar surface area (TPSA) is 78.3 Å². The molecule has 156 valence electrons. The highest BCUT2D eigenvalue weighted by molar-refractivity contribution is 6.31. The fourth-order valence-corrected chi connectivity index (χ4v) is 2.89. The maximum atomic E-state index is 12.2. The van der Waals surface area contributed by atoms with Gasteiger partial charge in [-0.05, 0) is 49.2 Å². The Hall–Kier alpha value is -3.32. The molecule has 0 aliphatic carbocycles. The minimum absolute atomic E-state index is 0.0382. The maximum absolute atomic E-state index is 12.2. The van der Waals surface area contributed by atoms with Crippen molar-refractivity contribution in [3.8, 4) is 11.5 Å². The van der Waals surface area contributed by atoms with Crippen LogP contribution in [-0.4, -0.2) is 33.9 Å². The van der Waals surface area contributed by atoms with Crippen molar-refractivity contribution in [3.63, 3.8) is 0 Å². The van der Waals surface area contributed by atoms with Crippen LogP contribution >= 0.6 is 11.6 Å². The number of carbonyl (C=O) groups is 1. The van der Waals surface area contributed by atoms with Gasteiger partial charge in [0.1, 0.15) is 6.33 Å². The van der Waals surface area contributed by atoms with Crippen LogP contribution in [0.3, 0.4) is 0 Å². The Bertz CT molecular complexity index is 1050. The van der Waals surface area contributed by atoms with Crippen LogP contribution in [0.25, 0.3) is 6.08 Å². The molecule has 3 aromatic rings. The van der Waals surface area contributed by atoms with Crippen LogP contribution in [0.15, 0.2) is 54.9 Å². The number of carbonyl (C=O) groups excluding carboxylic acids is 1. The Morgan fingerprint density at radius 1 is 1.23 bits per heavy atom. The number of nitrogens with one attached hydrogen (secondary N) is 1. The molecular formula is C22H23ClN4O3. The molecule has 30 heavy (non-hydrogen) atoms. The summed E-state index contributed by atoms with van der Waals surface area (Å²) in [5.41, 5.74) is 1.72. The normalized spacial score (nSPS) is 11.1. The van der Waals surface area contributed by atoms with Crippen LogP contribution in [0.4, 0.5) is 5.95 Å². The van der Waals surface area contributed by atoms with Crippen molar-refractivity contribution in [2.75, 3.05) is 12.4 Å². The summed E-state index contributed by atoms with van der Waals surface area (Å²) >= 11 is 6.16. The molecule has 0 saturated carbocycles. The lowest BCUT2D eigenvalue weighted by Crippen LogP contribution is -2.10. The van der Waals surface area contributed by atoms with Gasteiger partial charge in [0.2, 0.25) is 5.95 Å². The minimum atomic E-state index is -0.341. The zero-order chi connectivity index (χ0) is 21.5. The van der Waals surface area contributed by atoms with E-state index in [4.69, 9.17) is 21.1 Å². The maximum Gasteiger partial charge on any atom is 0.250 e. The number of hydrogen-bond donors (Lipinski definition) is 1. The molecule has 1 amide bonds. The molecule has 0 fully saturated rings. The highest BCUT2D eigenvalue weighted by atomic mass is 35.5. The minimum Gasteiger partial charge on any atom is -0.493 e. The quantitative estimate of drug-likeness (QED) is 0.539. The number of methoxy groups -OCH3 is 1. The Kier molecular flexibility index (Phi) is 7.08. The number of anilines is 1. The van der Waals surface area contributed by atoms with Crippen LogP contribution < -0.4 is 14.8 Å². The van der Waals surface area contributed by atoms with Gasteiger partial charge in [-0.25, -0.2) is 9.67 Å². The van der Waals surface area contributed by atoms with E-state index in [1.165, 1.54) is 6.08 Å². The van der Waals surface area contributed by atoms with Crippen molar-refractivity contribution in [2.45, 2.75) is 26.5 Å². The molecule has 7 nitrogen and oxygen atoms in total. The third kappa shape index (κ3) is 5.84. The van der Waals surface area contributed by atoms with Gasteiger partial charge in [0.05, 0.1) is 19.8 Å². The number of aromatic nitrogens is 3. The summed E-state index contributed by atoms with van der Waals surface area (Å²) in [4.78, 5) is 16.3. The Balaban J connectivity index is 1.61. The third-order valence-electron chi connectivity index (χ3n) is 4.04. The molecule has 0 aliphatic heterocycles. The highest BCUT2D eigenvalue weighted by Gasteiger charge is 2.08. The molecule has 0 radical (unpaired) electrons. The van der Waals surface area contributed by atoms with E-state index >= 15 is 0 Å². The molecular weight excluding hydrogens is 404 g/mol. The summed E-state index contributed by atoms with van der Waals surface area (Å²) in [7, 11) is 1.58. The number of amides is 1. The number of nitrogens with zero attached hydrogens (tertiary/aromatic N) is 3. The van der Waals surface area contributed by atoms with Crippen LogP contribution in [0.5, 0.6) is 11.5 Å². The first-order chi connectivity index (χ1) is 14.4. The second kappa shape index (κ2) is 9.93. The van der Waals surface area contributed by atoms with Gasteiger partial charge in [-0.2, -0.15) is 0 Å². The van der Waals surface area contributed by atoms with Gasteiger partial charge in [0.15, 0.2) is 11.5 Å². The summed E-state index contributed by atoms with van der Waals surface area (Å²) in [6, 6.07) is 13.0. The van der Waals surface area contributed by atoms with E-state index in [9.17, 15) is 4.79 Å². The largest absolute Gasteiger partial charge is 0.493 e. The predicted octanol–water partition coefficient (Wildman–Crippen LogP) is 4.43. The smallest absolute Gasteiger partial charge is 0.250 e. The monoisotopic (exact) mass is 426 g/mol. The molecule has 1 aromatic heterocycles. The lowest BCUT2D eigenvalue weighted by molar-refractivity contribution is -0.111. The lowest BCUT2D eigenvalue weighted by atomic mass is 10.2. The summed E-state index contributed by atoms with van der Waals surface area (Å²) in [6.45, 7) is 4.35. The van der Waals surface area contributed by atoms with Gasteiger partial charge in [0.25, 0.3) is 5.91 Å². The van der Waals surface area contributed by atoms with Crippen LogP contribution in [0.1, 0.15) is 25.0 Å². The lowest BCUT2D eigenvalue weighted by Gasteiger charge is -2.13. The van der Waals surface area contributed by atoms with Gasteiger partial charge in [-0.1, -0.05) is 35.9 Å². The number of benzene rings is 2. The van der Waals surface area contributed by atoms with E-state index in [1.54, 1.807) is 30.3 Å². The molecule has 1 heterocycles. The molecule has 0 saturated heterocycles. The zero-order valence-corrected chi connectivity index (χ0v) is 17.8. The van der Waals surface area contributed by atoms with Crippen LogP contribution in [0, 0.1) is 0 Å². The van der Waals surface area contributed by atoms with E-state index in [-0.39, 0.29) is 18.0 Å². The van der Waals surface area contributed by atoms with Gasteiger partial charge in [0, 0.05) is 11.1 Å². The van der Waals surface area contributed by atoms with E-state index in [1.807, 2.05) is 50.2 Å². The summed E-state index contributed by atoms with van der Waals surface area (Å²) < 4.78 is 12.7. The molecule has 0 spiro atoms. The Morgan fingerprint density at radius 2 is 2.03 bits per heavy atom. The second-order valence-corrected chi connectivity index (χ2v) is 7.16. The fourth-order valence-electron chi connectivity index (χ4n) is 2.69. The molecule has 2 aromatic carbocycles. The number of hydrogen-bond acceptors (Lipinski definition) is 5. The van der Waals surface area contributed by atoms with E-state index in [0.29, 0.717) is 23.1 Å².